The molecule has 1 N–H and O–H groups in total. The highest BCUT2D eigenvalue weighted by molar-refractivity contribution is 5.79. The average molecular weight is 207 g/mol. The number of allylic oxidation sites excluding steroid dienone is 1. The van der Waals surface area contributed by atoms with Crippen LogP contribution >= 0.6 is 0 Å². The molecule has 0 atom stereocenters. The second kappa shape index (κ2) is 5.70. The fourth-order valence-corrected chi connectivity index (χ4v) is 0.908. The number of hydrogen-bond donors (Lipinski definition) is 1. The predicted octanol–water partition coefficient (Wildman–Crippen LogP) is 1.60. The monoisotopic (exact) mass is 207 g/mol. The zero-order valence-corrected chi connectivity index (χ0v) is 8.33. The van der Waals surface area contributed by atoms with E-state index >= 15 is 0 Å². The minimum atomic E-state index is -3.02. The van der Waals surface area contributed by atoms with Gasteiger partial charge in [-0.3, -0.25) is 0 Å². The molecular formula is C9H15F2NO2. The van der Waals surface area contributed by atoms with E-state index < -0.39 is 11.9 Å². The molecule has 0 heterocycles. The Kier molecular flexibility index (Phi) is 5.30. The molecule has 0 aromatic heterocycles. The van der Waals surface area contributed by atoms with Crippen molar-refractivity contribution in [3.05, 3.63) is 12.2 Å². The summed E-state index contributed by atoms with van der Waals surface area (Å²) < 4.78 is 25.7. The molecule has 82 valence electrons. The quantitative estimate of drug-likeness (QED) is 0.672. The van der Waals surface area contributed by atoms with Crippen LogP contribution < -0.4 is 0 Å². The lowest BCUT2D eigenvalue weighted by Gasteiger charge is -2.13. The van der Waals surface area contributed by atoms with Gasteiger partial charge in [-0.15, -0.1) is 0 Å². The van der Waals surface area contributed by atoms with Crippen molar-refractivity contribution in [3.63, 3.8) is 0 Å². The topological polar surface area (TPSA) is 40.5 Å². The first-order valence-corrected chi connectivity index (χ1v) is 4.28. The molecule has 3 nitrogen and oxygen atoms in total. The predicted molar refractivity (Wildman–Crippen MR) is 49.5 cm³/mol. The first kappa shape index (κ1) is 13.0. The minimum Gasteiger partial charge on any atom is -0.478 e. The van der Waals surface area contributed by atoms with Crippen LogP contribution in [0, 0.1) is 0 Å². The number of rotatable bonds is 6. The summed E-state index contributed by atoms with van der Waals surface area (Å²) in [5.41, 5.74) is 0. The Labute approximate surface area is 82.0 Å². The van der Waals surface area contributed by atoms with Crippen molar-refractivity contribution in [2.75, 3.05) is 20.6 Å². The van der Waals surface area contributed by atoms with E-state index in [2.05, 4.69) is 0 Å². The number of nitrogens with zero attached hydrogens (tertiary/aromatic N) is 1. The van der Waals surface area contributed by atoms with Gasteiger partial charge >= 0.3 is 5.97 Å². The molecular weight excluding hydrogens is 192 g/mol. The SMILES string of the molecule is CN(C)CCCC(F)(F)C=CC(=O)O. The zero-order valence-electron chi connectivity index (χ0n) is 8.33. The van der Waals surface area contributed by atoms with Crippen molar-refractivity contribution in [2.24, 2.45) is 0 Å². The number of carboxylic acid groups (broad SMARTS) is 1. The first-order valence-electron chi connectivity index (χ1n) is 4.28. The Balaban J connectivity index is 3.89. The molecule has 0 unspecified atom stereocenters. The lowest BCUT2D eigenvalue weighted by atomic mass is 10.1. The fraction of sp³-hybridized carbons (Fsp3) is 0.667. The third-order valence-corrected chi connectivity index (χ3v) is 1.59. The third kappa shape index (κ3) is 7.67. The molecule has 0 saturated carbocycles. The molecule has 0 amide bonds. The van der Waals surface area contributed by atoms with Crippen molar-refractivity contribution < 1.29 is 18.7 Å². The van der Waals surface area contributed by atoms with Gasteiger partial charge in [-0.25, -0.2) is 13.6 Å². The summed E-state index contributed by atoms with van der Waals surface area (Å²) in [5, 5.41) is 8.16. The standard InChI is InChI=1S/C9H15F2NO2/c1-12(2)7-3-5-9(10,11)6-4-8(13)14/h4,6H,3,5,7H2,1-2H3,(H,13,14). The highest BCUT2D eigenvalue weighted by Crippen LogP contribution is 2.21. The maximum Gasteiger partial charge on any atom is 0.328 e. The molecule has 0 bridgehead atoms. The molecule has 0 aromatic carbocycles. The molecule has 0 rings (SSSR count). The molecule has 0 fully saturated rings. The van der Waals surface area contributed by atoms with Crippen LogP contribution in [0.1, 0.15) is 12.8 Å². The Morgan fingerprint density at radius 2 is 2.07 bits per heavy atom. The van der Waals surface area contributed by atoms with Gasteiger partial charge in [0.15, 0.2) is 0 Å². The van der Waals surface area contributed by atoms with Gasteiger partial charge in [0.2, 0.25) is 0 Å². The van der Waals surface area contributed by atoms with E-state index in [9.17, 15) is 13.6 Å². The molecule has 0 aliphatic heterocycles. The molecule has 0 aliphatic rings. The minimum absolute atomic E-state index is 0.324. The number of halogens is 2. The van der Waals surface area contributed by atoms with Crippen LogP contribution in [-0.4, -0.2) is 42.5 Å². The van der Waals surface area contributed by atoms with E-state index in [-0.39, 0.29) is 6.42 Å². The van der Waals surface area contributed by atoms with E-state index in [1.807, 2.05) is 0 Å². The molecule has 5 heteroatoms. The van der Waals surface area contributed by atoms with Crippen LogP contribution in [0.25, 0.3) is 0 Å². The average Bonchev–Trinajstić information content (AvgIpc) is 2.00. The summed E-state index contributed by atoms with van der Waals surface area (Å²) in [7, 11) is 3.59. The highest BCUT2D eigenvalue weighted by Gasteiger charge is 2.24. The summed E-state index contributed by atoms with van der Waals surface area (Å²) in [5.74, 6) is -4.37. The molecule has 0 radical (unpaired) electrons. The van der Waals surface area contributed by atoms with Gasteiger partial charge in [0.05, 0.1) is 0 Å². The summed E-state index contributed by atoms with van der Waals surface area (Å²) in [6, 6.07) is 0. The van der Waals surface area contributed by atoms with Crippen molar-refractivity contribution in [3.8, 4) is 0 Å². The number of carbonyl (C=O) groups is 1. The van der Waals surface area contributed by atoms with Crippen molar-refractivity contribution in [1.29, 1.82) is 0 Å². The lowest BCUT2D eigenvalue weighted by molar-refractivity contribution is -0.131. The second-order valence-corrected chi connectivity index (χ2v) is 3.34. The summed E-state index contributed by atoms with van der Waals surface area (Å²) in [6.07, 6.45) is 0.930. The number of aliphatic carboxylic acids is 1. The Bertz CT molecular complexity index is 215. The maximum atomic E-state index is 12.9. The second-order valence-electron chi connectivity index (χ2n) is 3.34. The lowest BCUT2D eigenvalue weighted by Crippen LogP contribution is -2.18. The van der Waals surface area contributed by atoms with Gasteiger partial charge in [0, 0.05) is 12.5 Å². The van der Waals surface area contributed by atoms with Gasteiger partial charge in [0.1, 0.15) is 0 Å². The number of alkyl halides is 2. The van der Waals surface area contributed by atoms with Crippen LogP contribution in [0.3, 0.4) is 0 Å². The summed E-state index contributed by atoms with van der Waals surface area (Å²) in [6.45, 7) is 0.566. The first-order chi connectivity index (χ1) is 6.33. The van der Waals surface area contributed by atoms with Crippen molar-refractivity contribution in [1.82, 2.24) is 4.90 Å². The number of carboxylic acids is 1. The number of hydrogen-bond acceptors (Lipinski definition) is 2. The van der Waals surface area contributed by atoms with Gasteiger partial charge in [-0.05, 0) is 33.1 Å². The summed E-state index contributed by atoms with van der Waals surface area (Å²) >= 11 is 0. The van der Waals surface area contributed by atoms with Gasteiger partial charge in [0.25, 0.3) is 5.92 Å². The third-order valence-electron chi connectivity index (χ3n) is 1.59. The molecule has 0 aromatic rings. The van der Waals surface area contributed by atoms with Crippen molar-refractivity contribution in [2.45, 2.75) is 18.8 Å². The van der Waals surface area contributed by atoms with Gasteiger partial charge in [-0.1, -0.05) is 0 Å². The normalized spacial score (nSPS) is 12.6. The van der Waals surface area contributed by atoms with E-state index in [0.717, 1.165) is 0 Å². The van der Waals surface area contributed by atoms with E-state index in [4.69, 9.17) is 5.11 Å². The van der Waals surface area contributed by atoms with Gasteiger partial charge in [-0.2, -0.15) is 0 Å². The highest BCUT2D eigenvalue weighted by atomic mass is 19.3. The van der Waals surface area contributed by atoms with Crippen molar-refractivity contribution >= 4 is 5.97 Å². The van der Waals surface area contributed by atoms with E-state index in [0.29, 0.717) is 25.1 Å². The smallest absolute Gasteiger partial charge is 0.328 e. The van der Waals surface area contributed by atoms with Gasteiger partial charge < -0.3 is 10.0 Å². The van der Waals surface area contributed by atoms with Crippen LogP contribution in [0.5, 0.6) is 0 Å². The Morgan fingerprint density at radius 1 is 1.50 bits per heavy atom. The van der Waals surface area contributed by atoms with Crippen LogP contribution in [0.2, 0.25) is 0 Å². The zero-order chi connectivity index (χ0) is 11.2. The van der Waals surface area contributed by atoms with E-state index in [1.165, 1.54) is 0 Å². The van der Waals surface area contributed by atoms with Crippen LogP contribution in [0.15, 0.2) is 12.2 Å². The maximum absolute atomic E-state index is 12.9. The molecule has 0 saturated heterocycles. The van der Waals surface area contributed by atoms with Crippen LogP contribution in [-0.2, 0) is 4.79 Å². The Hall–Kier alpha value is -0.970. The summed E-state index contributed by atoms with van der Waals surface area (Å²) in [4.78, 5) is 11.8. The Morgan fingerprint density at radius 3 is 2.50 bits per heavy atom. The fourth-order valence-electron chi connectivity index (χ4n) is 0.908. The van der Waals surface area contributed by atoms with E-state index in [1.54, 1.807) is 19.0 Å². The van der Waals surface area contributed by atoms with Crippen LogP contribution in [0.4, 0.5) is 8.78 Å². The molecule has 0 aliphatic carbocycles. The largest absolute Gasteiger partial charge is 0.478 e. The molecule has 0 spiro atoms. The molecule has 14 heavy (non-hydrogen) atoms.